The lowest BCUT2D eigenvalue weighted by molar-refractivity contribution is 0.298. The van der Waals surface area contributed by atoms with Crippen molar-refractivity contribution >= 4 is 21.6 Å². The minimum atomic E-state index is -3.68. The molecule has 0 aliphatic rings. The molecule has 0 radical (unpaired) electrons. The van der Waals surface area contributed by atoms with Crippen LogP contribution in [0.25, 0.3) is 0 Å². The van der Waals surface area contributed by atoms with Crippen LogP contribution in [0.1, 0.15) is 0 Å². The fourth-order valence-corrected chi connectivity index (χ4v) is 3.33. The van der Waals surface area contributed by atoms with E-state index in [1.54, 1.807) is 25.3 Å². The van der Waals surface area contributed by atoms with Crippen molar-refractivity contribution in [1.82, 2.24) is 4.72 Å². The van der Waals surface area contributed by atoms with Crippen molar-refractivity contribution in [3.63, 3.8) is 0 Å². The zero-order valence-electron chi connectivity index (χ0n) is 13.3. The number of rotatable bonds is 8. The molecule has 6 nitrogen and oxygen atoms in total. The molecule has 2 aromatic rings. The Bertz CT molecular complexity index is 795. The Balaban J connectivity index is 1.94. The average molecular weight is 372 g/mol. The van der Waals surface area contributed by atoms with E-state index in [4.69, 9.17) is 25.8 Å². The summed E-state index contributed by atoms with van der Waals surface area (Å²) in [6.45, 7) is 0.257. The molecule has 0 aliphatic heterocycles. The molecule has 8 heteroatoms. The summed E-state index contributed by atoms with van der Waals surface area (Å²) in [6, 6.07) is 11.4. The van der Waals surface area contributed by atoms with Crippen LogP contribution in [0, 0.1) is 0 Å². The average Bonchev–Trinajstić information content (AvgIpc) is 2.59. The number of hydrogen-bond acceptors (Lipinski definition) is 5. The summed E-state index contributed by atoms with van der Waals surface area (Å²) in [6.07, 6.45) is 0. The number of benzene rings is 2. The number of hydrogen-bond donors (Lipinski definition) is 1. The molecular weight excluding hydrogens is 354 g/mol. The van der Waals surface area contributed by atoms with Crippen LogP contribution < -0.4 is 18.9 Å². The van der Waals surface area contributed by atoms with Crippen molar-refractivity contribution < 1.29 is 22.6 Å². The van der Waals surface area contributed by atoms with Gasteiger partial charge in [0.05, 0.1) is 24.1 Å². The van der Waals surface area contributed by atoms with E-state index in [2.05, 4.69) is 4.72 Å². The summed E-state index contributed by atoms with van der Waals surface area (Å²) in [7, 11) is -0.678. The molecule has 2 aromatic carbocycles. The minimum Gasteiger partial charge on any atom is -0.495 e. The third kappa shape index (κ3) is 4.53. The second-order valence-electron chi connectivity index (χ2n) is 4.69. The predicted molar refractivity (Wildman–Crippen MR) is 91.7 cm³/mol. The maximum absolute atomic E-state index is 12.2. The van der Waals surface area contributed by atoms with E-state index in [9.17, 15) is 8.42 Å². The van der Waals surface area contributed by atoms with Gasteiger partial charge in [0.2, 0.25) is 10.0 Å². The van der Waals surface area contributed by atoms with Crippen LogP contribution in [0.2, 0.25) is 5.02 Å². The fourth-order valence-electron chi connectivity index (χ4n) is 1.97. The van der Waals surface area contributed by atoms with Crippen molar-refractivity contribution in [1.29, 1.82) is 0 Å². The van der Waals surface area contributed by atoms with E-state index in [-0.39, 0.29) is 23.1 Å². The number of ether oxygens (including phenoxy) is 3. The highest BCUT2D eigenvalue weighted by molar-refractivity contribution is 7.89. The maximum Gasteiger partial charge on any atom is 0.240 e. The Kier molecular flexibility index (Phi) is 6.30. The van der Waals surface area contributed by atoms with Crippen LogP contribution in [0.3, 0.4) is 0 Å². The first-order chi connectivity index (χ1) is 11.5. The van der Waals surface area contributed by atoms with Crippen molar-refractivity contribution in [2.45, 2.75) is 4.90 Å². The minimum absolute atomic E-state index is 0.0607. The lowest BCUT2D eigenvalue weighted by Gasteiger charge is -2.11. The highest BCUT2D eigenvalue weighted by Crippen LogP contribution is 2.27. The topological polar surface area (TPSA) is 73.9 Å². The van der Waals surface area contributed by atoms with Gasteiger partial charge in [0.1, 0.15) is 12.4 Å². The SMILES string of the molecule is COc1ccc(S(=O)(=O)NCCOc2ccccc2OC)cc1Cl. The lowest BCUT2D eigenvalue weighted by atomic mass is 10.3. The van der Waals surface area contributed by atoms with Gasteiger partial charge in [-0.15, -0.1) is 0 Å². The molecule has 0 aromatic heterocycles. The van der Waals surface area contributed by atoms with Crippen LogP contribution in [0.15, 0.2) is 47.4 Å². The zero-order chi connectivity index (χ0) is 17.6. The molecule has 0 atom stereocenters. The maximum atomic E-state index is 12.2. The molecule has 24 heavy (non-hydrogen) atoms. The van der Waals surface area contributed by atoms with Crippen LogP contribution in [0.5, 0.6) is 17.2 Å². The first-order valence-corrected chi connectivity index (χ1v) is 8.93. The van der Waals surface area contributed by atoms with Crippen LogP contribution in [0.4, 0.5) is 0 Å². The molecule has 0 heterocycles. The smallest absolute Gasteiger partial charge is 0.240 e. The van der Waals surface area contributed by atoms with Crippen LogP contribution >= 0.6 is 11.6 Å². The van der Waals surface area contributed by atoms with Gasteiger partial charge < -0.3 is 14.2 Å². The Morgan fingerprint density at radius 1 is 1.00 bits per heavy atom. The van der Waals surface area contributed by atoms with Gasteiger partial charge in [-0.05, 0) is 30.3 Å². The van der Waals surface area contributed by atoms with Gasteiger partial charge >= 0.3 is 0 Å². The van der Waals surface area contributed by atoms with Crippen LogP contribution in [-0.2, 0) is 10.0 Å². The standard InChI is InChI=1S/C16H18ClNO5S/c1-21-14-8-7-12(11-13(14)17)24(19,20)18-9-10-23-16-6-4-3-5-15(16)22-2/h3-8,11,18H,9-10H2,1-2H3. The summed E-state index contributed by atoms with van der Waals surface area (Å²) < 4.78 is 42.6. The third-order valence-corrected chi connectivity index (χ3v) is 4.91. The van der Waals surface area contributed by atoms with Gasteiger partial charge in [0.25, 0.3) is 0 Å². The molecule has 0 bridgehead atoms. The Morgan fingerprint density at radius 3 is 2.29 bits per heavy atom. The Hall–Kier alpha value is -1.96. The van der Waals surface area contributed by atoms with Crippen molar-refractivity contribution in [2.75, 3.05) is 27.4 Å². The predicted octanol–water partition coefficient (Wildman–Crippen LogP) is 2.71. The van der Waals surface area contributed by atoms with E-state index in [0.717, 1.165) is 0 Å². The van der Waals surface area contributed by atoms with Crippen LogP contribution in [-0.4, -0.2) is 35.8 Å². The Labute approximate surface area is 146 Å². The van der Waals surface area contributed by atoms with E-state index in [0.29, 0.717) is 17.2 Å². The highest BCUT2D eigenvalue weighted by Gasteiger charge is 2.15. The quantitative estimate of drug-likeness (QED) is 0.722. The summed E-state index contributed by atoms with van der Waals surface area (Å²) in [4.78, 5) is 0.0607. The Morgan fingerprint density at radius 2 is 1.67 bits per heavy atom. The molecular formula is C16H18ClNO5S. The van der Waals surface area contributed by atoms with Gasteiger partial charge in [0.15, 0.2) is 11.5 Å². The molecule has 0 amide bonds. The molecule has 1 N–H and O–H groups in total. The first kappa shape index (κ1) is 18.4. The summed E-state index contributed by atoms with van der Waals surface area (Å²) in [5.74, 6) is 1.55. The third-order valence-electron chi connectivity index (χ3n) is 3.15. The lowest BCUT2D eigenvalue weighted by Crippen LogP contribution is -2.28. The summed E-state index contributed by atoms with van der Waals surface area (Å²) in [5.41, 5.74) is 0. The molecule has 0 spiro atoms. The van der Waals surface area contributed by atoms with E-state index in [1.807, 2.05) is 6.07 Å². The number of nitrogens with one attached hydrogen (secondary N) is 1. The summed E-state index contributed by atoms with van der Waals surface area (Å²) >= 11 is 5.95. The van der Waals surface area contributed by atoms with Gasteiger partial charge in [-0.2, -0.15) is 0 Å². The van der Waals surface area contributed by atoms with E-state index >= 15 is 0 Å². The molecule has 0 fully saturated rings. The normalized spacial score (nSPS) is 11.1. The number of para-hydroxylation sites is 2. The number of methoxy groups -OCH3 is 2. The van der Waals surface area contributed by atoms with Crippen molar-refractivity contribution in [3.05, 3.63) is 47.5 Å². The number of sulfonamides is 1. The fraction of sp³-hybridized carbons (Fsp3) is 0.250. The molecule has 2 rings (SSSR count). The van der Waals surface area contributed by atoms with Crippen molar-refractivity contribution in [3.8, 4) is 17.2 Å². The first-order valence-electron chi connectivity index (χ1n) is 7.07. The summed E-state index contributed by atoms with van der Waals surface area (Å²) in [5, 5.41) is 0.227. The second kappa shape index (κ2) is 8.23. The zero-order valence-corrected chi connectivity index (χ0v) is 14.9. The highest BCUT2D eigenvalue weighted by atomic mass is 35.5. The monoisotopic (exact) mass is 371 g/mol. The molecule has 0 aliphatic carbocycles. The van der Waals surface area contributed by atoms with E-state index in [1.165, 1.54) is 25.3 Å². The van der Waals surface area contributed by atoms with Crippen molar-refractivity contribution in [2.24, 2.45) is 0 Å². The van der Waals surface area contributed by atoms with Gasteiger partial charge in [0, 0.05) is 6.54 Å². The van der Waals surface area contributed by atoms with E-state index < -0.39 is 10.0 Å². The molecule has 0 saturated heterocycles. The molecule has 0 unspecified atom stereocenters. The molecule has 0 saturated carbocycles. The van der Waals surface area contributed by atoms with Gasteiger partial charge in [-0.3, -0.25) is 0 Å². The van der Waals surface area contributed by atoms with Gasteiger partial charge in [-0.1, -0.05) is 23.7 Å². The largest absolute Gasteiger partial charge is 0.495 e. The second-order valence-corrected chi connectivity index (χ2v) is 6.87. The van der Waals surface area contributed by atoms with Gasteiger partial charge in [-0.25, -0.2) is 13.1 Å². The molecule has 130 valence electrons. The number of halogens is 1.